The number of furan rings is 1. The van der Waals surface area contributed by atoms with Crippen molar-refractivity contribution in [1.29, 1.82) is 0 Å². The summed E-state index contributed by atoms with van der Waals surface area (Å²) >= 11 is 0. The summed E-state index contributed by atoms with van der Waals surface area (Å²) in [5.74, 6) is 2.08. The van der Waals surface area contributed by atoms with Gasteiger partial charge >= 0.3 is 0 Å². The molecule has 2 fully saturated rings. The zero-order valence-electron chi connectivity index (χ0n) is 9.77. The lowest BCUT2D eigenvalue weighted by molar-refractivity contribution is 0.277. The lowest BCUT2D eigenvalue weighted by Gasteiger charge is -1.92. The van der Waals surface area contributed by atoms with Gasteiger partial charge in [0.1, 0.15) is 11.5 Å². The highest BCUT2D eigenvalue weighted by atomic mass is 16.6. The van der Waals surface area contributed by atoms with E-state index in [1.54, 1.807) is 14.2 Å². The van der Waals surface area contributed by atoms with Crippen LogP contribution in [0.1, 0.15) is 11.5 Å². The Bertz CT molecular complexity index is 284. The van der Waals surface area contributed by atoms with Crippen LogP contribution in [0.15, 0.2) is 16.5 Å². The smallest absolute Gasteiger partial charge is 0.106 e. The normalized spacial score (nSPS) is 25.9. The molecule has 0 aliphatic carbocycles. The molecule has 4 nitrogen and oxygen atoms in total. The number of hydrogen-bond acceptors (Lipinski definition) is 4. The predicted octanol–water partition coefficient (Wildman–Crippen LogP) is 1.42. The van der Waals surface area contributed by atoms with Gasteiger partial charge in [0.05, 0.1) is 25.4 Å². The van der Waals surface area contributed by atoms with E-state index in [-0.39, 0.29) is 0 Å². The first kappa shape index (κ1) is 11.6. The van der Waals surface area contributed by atoms with E-state index in [9.17, 15) is 0 Å². The molecule has 0 radical (unpaired) electrons. The Balaban J connectivity index is 0.000000292. The molecule has 0 bridgehead atoms. The topological polar surface area (TPSA) is 47.4 Å². The van der Waals surface area contributed by atoms with Gasteiger partial charge in [-0.25, -0.2) is 0 Å². The summed E-state index contributed by atoms with van der Waals surface area (Å²) < 4.78 is 20.1. The molecular weight excluding hydrogens is 208 g/mol. The van der Waals surface area contributed by atoms with Crippen molar-refractivity contribution in [2.45, 2.75) is 25.0 Å². The fourth-order valence-corrected chi connectivity index (χ4v) is 1.46. The first-order valence-corrected chi connectivity index (χ1v) is 5.52. The van der Waals surface area contributed by atoms with Gasteiger partial charge in [0, 0.05) is 27.1 Å². The SMILES string of the molecule is COC.c1cc(CC2CO2)oc1CC1CO1. The molecule has 2 unspecified atom stereocenters. The second kappa shape index (κ2) is 5.48. The molecule has 0 aromatic carbocycles. The van der Waals surface area contributed by atoms with Crippen molar-refractivity contribution in [1.82, 2.24) is 0 Å². The summed E-state index contributed by atoms with van der Waals surface area (Å²) in [6, 6.07) is 4.08. The molecule has 0 N–H and O–H groups in total. The molecular formula is C12H18O4. The Kier molecular flexibility index (Phi) is 3.98. The zero-order chi connectivity index (χ0) is 11.4. The summed E-state index contributed by atoms with van der Waals surface area (Å²) in [5, 5.41) is 0. The lowest BCUT2D eigenvalue weighted by atomic mass is 10.2. The van der Waals surface area contributed by atoms with Gasteiger partial charge in [-0.3, -0.25) is 0 Å². The van der Waals surface area contributed by atoms with E-state index in [2.05, 4.69) is 4.74 Å². The number of hydrogen-bond donors (Lipinski definition) is 0. The average Bonchev–Trinajstić information content (AvgIpc) is 3.12. The molecule has 0 saturated carbocycles. The largest absolute Gasteiger partial charge is 0.466 e. The van der Waals surface area contributed by atoms with Crippen molar-refractivity contribution in [3.63, 3.8) is 0 Å². The fraction of sp³-hybridized carbons (Fsp3) is 0.667. The van der Waals surface area contributed by atoms with Crippen molar-refractivity contribution < 1.29 is 18.6 Å². The Hall–Kier alpha value is -0.840. The summed E-state index contributed by atoms with van der Waals surface area (Å²) in [4.78, 5) is 0. The van der Waals surface area contributed by atoms with Crippen molar-refractivity contribution >= 4 is 0 Å². The van der Waals surface area contributed by atoms with Crippen LogP contribution in [0.2, 0.25) is 0 Å². The van der Waals surface area contributed by atoms with E-state index < -0.39 is 0 Å². The molecule has 2 atom stereocenters. The maximum Gasteiger partial charge on any atom is 0.106 e. The number of ether oxygens (including phenoxy) is 3. The van der Waals surface area contributed by atoms with Crippen LogP contribution in [0.4, 0.5) is 0 Å². The van der Waals surface area contributed by atoms with Crippen molar-refractivity contribution in [2.24, 2.45) is 0 Å². The number of rotatable bonds is 4. The quantitative estimate of drug-likeness (QED) is 0.729. The molecule has 90 valence electrons. The molecule has 2 aliphatic rings. The van der Waals surface area contributed by atoms with Crippen LogP contribution >= 0.6 is 0 Å². The van der Waals surface area contributed by atoms with Crippen LogP contribution in [-0.4, -0.2) is 39.6 Å². The van der Waals surface area contributed by atoms with E-state index in [1.807, 2.05) is 12.1 Å². The number of epoxide rings is 2. The highest BCUT2D eigenvalue weighted by molar-refractivity contribution is 5.10. The van der Waals surface area contributed by atoms with Gasteiger partial charge in [0.25, 0.3) is 0 Å². The minimum absolute atomic E-state index is 0.413. The van der Waals surface area contributed by atoms with E-state index in [1.165, 1.54) is 0 Å². The van der Waals surface area contributed by atoms with Crippen molar-refractivity contribution in [3.8, 4) is 0 Å². The third kappa shape index (κ3) is 3.96. The Morgan fingerprint density at radius 2 is 1.44 bits per heavy atom. The molecule has 1 aromatic rings. The van der Waals surface area contributed by atoms with Gasteiger partial charge in [-0.15, -0.1) is 0 Å². The van der Waals surface area contributed by atoms with Crippen molar-refractivity contribution in [3.05, 3.63) is 23.7 Å². The van der Waals surface area contributed by atoms with Gasteiger partial charge in [-0.1, -0.05) is 0 Å². The first-order chi connectivity index (χ1) is 7.81. The second-order valence-electron chi connectivity index (χ2n) is 4.10. The third-order valence-electron chi connectivity index (χ3n) is 2.38. The number of methoxy groups -OCH3 is 1. The standard InChI is InChI=1S/C10H12O3.C2H6O/c1-2-8(4-10-6-12-10)13-7(1)3-9-5-11-9;1-3-2/h1-2,9-10H,3-6H2;1-2H3. The van der Waals surface area contributed by atoms with Gasteiger partial charge in [-0.2, -0.15) is 0 Å². The fourth-order valence-electron chi connectivity index (χ4n) is 1.46. The van der Waals surface area contributed by atoms with Gasteiger partial charge in [0.2, 0.25) is 0 Å². The minimum atomic E-state index is 0.413. The van der Waals surface area contributed by atoms with Crippen molar-refractivity contribution in [2.75, 3.05) is 27.4 Å². The Morgan fingerprint density at radius 3 is 1.75 bits per heavy atom. The Morgan fingerprint density at radius 1 is 1.06 bits per heavy atom. The molecule has 0 spiro atoms. The van der Waals surface area contributed by atoms with E-state index in [4.69, 9.17) is 13.9 Å². The molecule has 16 heavy (non-hydrogen) atoms. The minimum Gasteiger partial charge on any atom is -0.466 e. The highest BCUT2D eigenvalue weighted by Gasteiger charge is 2.26. The van der Waals surface area contributed by atoms with Crippen LogP contribution in [0.25, 0.3) is 0 Å². The summed E-state index contributed by atoms with van der Waals surface area (Å²) in [6.07, 6.45) is 2.67. The van der Waals surface area contributed by atoms with E-state index in [0.717, 1.165) is 37.6 Å². The van der Waals surface area contributed by atoms with Crippen LogP contribution in [0.5, 0.6) is 0 Å². The first-order valence-electron chi connectivity index (χ1n) is 5.52. The van der Waals surface area contributed by atoms with E-state index in [0.29, 0.717) is 12.2 Å². The maximum atomic E-state index is 5.63. The molecule has 1 aromatic heterocycles. The zero-order valence-corrected chi connectivity index (χ0v) is 9.77. The van der Waals surface area contributed by atoms with Crippen LogP contribution < -0.4 is 0 Å². The summed E-state index contributed by atoms with van der Waals surface area (Å²) in [7, 11) is 3.25. The molecule has 2 saturated heterocycles. The summed E-state index contributed by atoms with van der Waals surface area (Å²) in [6.45, 7) is 1.78. The molecule has 4 heteroatoms. The Labute approximate surface area is 95.5 Å². The molecule has 3 heterocycles. The second-order valence-corrected chi connectivity index (χ2v) is 4.10. The van der Waals surface area contributed by atoms with Crippen LogP contribution in [0.3, 0.4) is 0 Å². The van der Waals surface area contributed by atoms with Gasteiger partial charge in [-0.05, 0) is 12.1 Å². The highest BCUT2D eigenvalue weighted by Crippen LogP contribution is 2.21. The summed E-state index contributed by atoms with van der Waals surface area (Å²) in [5.41, 5.74) is 0. The van der Waals surface area contributed by atoms with Crippen LogP contribution in [-0.2, 0) is 27.1 Å². The molecule has 2 aliphatic heterocycles. The van der Waals surface area contributed by atoms with Gasteiger partial charge < -0.3 is 18.6 Å². The monoisotopic (exact) mass is 226 g/mol. The average molecular weight is 226 g/mol. The third-order valence-corrected chi connectivity index (χ3v) is 2.38. The van der Waals surface area contributed by atoms with Crippen LogP contribution in [0, 0.1) is 0 Å². The predicted molar refractivity (Wildman–Crippen MR) is 58.5 cm³/mol. The maximum absolute atomic E-state index is 5.63. The lowest BCUT2D eigenvalue weighted by Crippen LogP contribution is -1.91. The molecule has 0 amide bonds. The molecule has 3 rings (SSSR count). The van der Waals surface area contributed by atoms with E-state index >= 15 is 0 Å². The van der Waals surface area contributed by atoms with Gasteiger partial charge in [0.15, 0.2) is 0 Å².